The van der Waals surface area contributed by atoms with Crippen molar-refractivity contribution >= 4 is 9.52 Å². The summed E-state index contributed by atoms with van der Waals surface area (Å²) in [6.45, 7) is 8.58. The van der Waals surface area contributed by atoms with E-state index in [1.807, 2.05) is 12.2 Å². The minimum Gasteiger partial charge on any atom is -0.273 e. The van der Waals surface area contributed by atoms with Gasteiger partial charge in [0.25, 0.3) is 0 Å². The molecule has 0 N–H and O–H groups in total. The number of hydrogen-bond donors (Lipinski definition) is 0. The van der Waals surface area contributed by atoms with Crippen LogP contribution in [-0.4, -0.2) is 9.52 Å². The maximum absolute atomic E-state index is 3.05. The molecule has 0 atom stereocenters. The quantitative estimate of drug-likeness (QED) is 0.470. The minimum atomic E-state index is 0. The van der Waals surface area contributed by atoms with Crippen LogP contribution in [0.15, 0.2) is 35.5 Å². The first kappa shape index (κ1) is 18.4. The van der Waals surface area contributed by atoms with Crippen LogP contribution in [0.4, 0.5) is 0 Å². The van der Waals surface area contributed by atoms with Crippen molar-refractivity contribution in [2.24, 2.45) is 0 Å². The summed E-state index contributed by atoms with van der Waals surface area (Å²) >= 11 is 0. The zero-order chi connectivity index (χ0) is 11.5. The standard InChI is InChI=1S/2C6H7.C2H7Si.Zr/c2*1-6-4-2-3-5-6;1-3-2;/h2*4-5H,2H2,1H3;3H,1-2H3;/q2*-1;;+2. The molecule has 0 nitrogen and oxygen atoms in total. The van der Waals surface area contributed by atoms with Crippen LogP contribution in [-0.2, 0) is 26.2 Å². The predicted molar refractivity (Wildman–Crippen MR) is 71.3 cm³/mol. The van der Waals surface area contributed by atoms with Crippen LogP contribution in [0.1, 0.15) is 26.7 Å². The van der Waals surface area contributed by atoms with Gasteiger partial charge in [0.2, 0.25) is 0 Å². The Morgan fingerprint density at radius 1 is 0.938 bits per heavy atom. The van der Waals surface area contributed by atoms with E-state index in [4.69, 9.17) is 0 Å². The Bertz CT molecular complexity index is 239. The van der Waals surface area contributed by atoms with Crippen LogP contribution in [0.2, 0.25) is 13.1 Å². The van der Waals surface area contributed by atoms with E-state index in [2.05, 4.69) is 51.2 Å². The molecule has 85 valence electrons. The Morgan fingerprint density at radius 3 is 1.31 bits per heavy atom. The molecule has 0 aliphatic heterocycles. The molecule has 0 amide bonds. The van der Waals surface area contributed by atoms with E-state index < -0.39 is 0 Å². The van der Waals surface area contributed by atoms with E-state index in [1.165, 1.54) is 11.1 Å². The summed E-state index contributed by atoms with van der Waals surface area (Å²) in [7, 11) is 0.750. The van der Waals surface area contributed by atoms with Gasteiger partial charge >= 0.3 is 26.2 Å². The average molecular weight is 309 g/mol. The number of hydrogen-bond acceptors (Lipinski definition) is 0. The van der Waals surface area contributed by atoms with Gasteiger partial charge in [-0.15, -0.1) is 26.7 Å². The number of allylic oxidation sites excluding steroid dienone is 8. The van der Waals surface area contributed by atoms with Crippen molar-refractivity contribution in [2.75, 3.05) is 0 Å². The largest absolute Gasteiger partial charge is 2.00 e. The van der Waals surface area contributed by atoms with Gasteiger partial charge < -0.3 is 0 Å². The fraction of sp³-hybridized carbons (Fsp3) is 0.429. The van der Waals surface area contributed by atoms with Crippen LogP contribution in [0, 0.1) is 12.2 Å². The Labute approximate surface area is 123 Å². The van der Waals surface area contributed by atoms with Crippen LogP contribution in [0.5, 0.6) is 0 Å². The van der Waals surface area contributed by atoms with Crippen LogP contribution in [0.3, 0.4) is 0 Å². The Hall–Kier alpha value is 0.0600. The van der Waals surface area contributed by atoms with Gasteiger partial charge in [0.05, 0.1) is 0 Å². The molecule has 2 rings (SSSR count). The molecular weight excluding hydrogens is 287 g/mol. The minimum absolute atomic E-state index is 0. The summed E-state index contributed by atoms with van der Waals surface area (Å²) < 4.78 is 0. The van der Waals surface area contributed by atoms with Crippen molar-refractivity contribution < 1.29 is 26.2 Å². The molecule has 0 heterocycles. The fourth-order valence-corrected chi connectivity index (χ4v) is 0.998. The molecule has 0 spiro atoms. The number of rotatable bonds is 0. The van der Waals surface area contributed by atoms with Crippen LogP contribution >= 0.6 is 0 Å². The van der Waals surface area contributed by atoms with E-state index in [-0.39, 0.29) is 26.2 Å². The van der Waals surface area contributed by atoms with E-state index >= 15 is 0 Å². The topological polar surface area (TPSA) is 0 Å². The summed E-state index contributed by atoms with van der Waals surface area (Å²) in [5.74, 6) is 0. The van der Waals surface area contributed by atoms with Gasteiger partial charge in [0.1, 0.15) is 0 Å². The molecular formula is C14H21SiZr. The van der Waals surface area contributed by atoms with Gasteiger partial charge in [0, 0.05) is 9.52 Å². The summed E-state index contributed by atoms with van der Waals surface area (Å²) in [4.78, 5) is 0. The molecule has 0 aromatic rings. The second-order valence-corrected chi connectivity index (χ2v) is 4.73. The summed E-state index contributed by atoms with van der Waals surface area (Å²) in [5.41, 5.74) is 2.69. The van der Waals surface area contributed by atoms with Crippen molar-refractivity contribution in [1.29, 1.82) is 0 Å². The smallest absolute Gasteiger partial charge is 0.273 e. The van der Waals surface area contributed by atoms with Crippen LogP contribution in [0.25, 0.3) is 0 Å². The Balaban J connectivity index is 0. The summed E-state index contributed by atoms with van der Waals surface area (Å²) in [6.07, 6.45) is 16.5. The first-order valence-electron chi connectivity index (χ1n) is 5.41. The van der Waals surface area contributed by atoms with Crippen LogP contribution < -0.4 is 0 Å². The van der Waals surface area contributed by atoms with E-state index in [0.29, 0.717) is 0 Å². The monoisotopic (exact) mass is 307 g/mol. The molecule has 0 aromatic carbocycles. The Morgan fingerprint density at radius 2 is 1.25 bits per heavy atom. The molecule has 0 bridgehead atoms. The molecule has 0 saturated carbocycles. The van der Waals surface area contributed by atoms with Crippen molar-refractivity contribution in [3.8, 4) is 0 Å². The molecule has 0 fully saturated rings. The molecule has 2 aliphatic carbocycles. The first-order valence-corrected chi connectivity index (χ1v) is 7.72. The van der Waals surface area contributed by atoms with Crippen molar-refractivity contribution in [3.05, 3.63) is 47.6 Å². The zero-order valence-corrected chi connectivity index (χ0v) is 14.4. The zero-order valence-electron chi connectivity index (χ0n) is 10.8. The van der Waals surface area contributed by atoms with Crippen molar-refractivity contribution in [1.82, 2.24) is 0 Å². The maximum Gasteiger partial charge on any atom is 2.00 e. The molecule has 0 unspecified atom stereocenters. The normalized spacial score (nSPS) is 15.0. The fourth-order valence-electron chi connectivity index (χ4n) is 0.998. The van der Waals surface area contributed by atoms with Gasteiger partial charge in [-0.05, 0) is 0 Å². The van der Waals surface area contributed by atoms with Gasteiger partial charge in [-0.3, -0.25) is 12.2 Å². The van der Waals surface area contributed by atoms with Crippen molar-refractivity contribution in [3.63, 3.8) is 0 Å². The van der Waals surface area contributed by atoms with Gasteiger partial charge in [0.15, 0.2) is 0 Å². The van der Waals surface area contributed by atoms with Gasteiger partial charge in [-0.1, -0.05) is 13.1 Å². The summed E-state index contributed by atoms with van der Waals surface area (Å²) in [6, 6.07) is 0. The third-order valence-electron chi connectivity index (χ3n) is 1.74. The molecule has 16 heavy (non-hydrogen) atoms. The second kappa shape index (κ2) is 13.1. The SMILES string of the molecule is CC1=CC[C-]=C1.CC1=CC[C-]=C1.C[SiH]C.[Zr+2]. The Kier molecular flexibility index (Phi) is 15.1. The molecule has 1 radical (unpaired) electrons. The predicted octanol–water partition coefficient (Wildman–Crippen LogP) is 3.91. The van der Waals surface area contributed by atoms with E-state index in [9.17, 15) is 0 Å². The first-order chi connectivity index (χ1) is 7.20. The third kappa shape index (κ3) is 12.1. The second-order valence-electron chi connectivity index (χ2n) is 3.58. The van der Waals surface area contributed by atoms with Crippen molar-refractivity contribution in [2.45, 2.75) is 39.8 Å². The third-order valence-corrected chi connectivity index (χ3v) is 1.74. The van der Waals surface area contributed by atoms with Gasteiger partial charge in [-0.25, -0.2) is 23.3 Å². The summed E-state index contributed by atoms with van der Waals surface area (Å²) in [5, 5.41) is 0. The average Bonchev–Trinajstić information content (AvgIpc) is 2.81. The molecule has 0 aromatic heterocycles. The molecule has 2 aliphatic rings. The maximum atomic E-state index is 3.05. The molecule has 2 heteroatoms. The van der Waals surface area contributed by atoms with E-state index in [1.54, 1.807) is 0 Å². The molecule has 0 saturated heterocycles. The van der Waals surface area contributed by atoms with E-state index in [0.717, 1.165) is 22.4 Å². The van der Waals surface area contributed by atoms with Gasteiger partial charge in [-0.2, -0.15) is 12.2 Å².